The highest BCUT2D eigenvalue weighted by Crippen LogP contribution is 2.15. The standard InChI is InChI=1S/C15H19ClN2O2/c1-2-13-15(20)17-8-9-18(13)14(19)7-6-11-4-3-5-12(16)10-11/h3-5,10,13H,2,6-9H2,1H3,(H,17,20). The summed E-state index contributed by atoms with van der Waals surface area (Å²) in [5, 5.41) is 3.48. The number of amides is 2. The van der Waals surface area contributed by atoms with Crippen LogP contribution in [0, 0.1) is 0 Å². The van der Waals surface area contributed by atoms with Crippen molar-refractivity contribution in [2.75, 3.05) is 13.1 Å². The maximum atomic E-state index is 12.3. The van der Waals surface area contributed by atoms with E-state index in [4.69, 9.17) is 11.6 Å². The van der Waals surface area contributed by atoms with Crippen molar-refractivity contribution in [2.24, 2.45) is 0 Å². The van der Waals surface area contributed by atoms with Crippen molar-refractivity contribution < 1.29 is 9.59 Å². The topological polar surface area (TPSA) is 49.4 Å². The van der Waals surface area contributed by atoms with E-state index >= 15 is 0 Å². The second-order valence-corrected chi connectivity index (χ2v) is 5.37. The highest BCUT2D eigenvalue weighted by molar-refractivity contribution is 6.30. The lowest BCUT2D eigenvalue weighted by Gasteiger charge is -2.34. The summed E-state index contributed by atoms with van der Waals surface area (Å²) in [6, 6.07) is 7.20. The smallest absolute Gasteiger partial charge is 0.242 e. The van der Waals surface area contributed by atoms with Crippen molar-refractivity contribution in [1.29, 1.82) is 0 Å². The molecule has 0 aromatic heterocycles. The average Bonchev–Trinajstić information content (AvgIpc) is 2.44. The Kier molecular flexibility index (Phi) is 5.01. The molecule has 1 heterocycles. The number of carbonyl (C=O) groups is 2. The van der Waals surface area contributed by atoms with Gasteiger partial charge in [-0.05, 0) is 30.5 Å². The Morgan fingerprint density at radius 2 is 2.30 bits per heavy atom. The minimum atomic E-state index is -0.324. The second-order valence-electron chi connectivity index (χ2n) is 4.93. The van der Waals surface area contributed by atoms with Crippen molar-refractivity contribution in [3.8, 4) is 0 Å². The lowest BCUT2D eigenvalue weighted by molar-refractivity contribution is -0.143. The van der Waals surface area contributed by atoms with E-state index in [0.717, 1.165) is 5.56 Å². The molecule has 5 heteroatoms. The van der Waals surface area contributed by atoms with Crippen LogP contribution in [0.4, 0.5) is 0 Å². The Morgan fingerprint density at radius 1 is 1.50 bits per heavy atom. The fourth-order valence-electron chi connectivity index (χ4n) is 2.51. The average molecular weight is 295 g/mol. The summed E-state index contributed by atoms with van der Waals surface area (Å²) in [5.41, 5.74) is 1.04. The number of hydrogen-bond donors (Lipinski definition) is 1. The van der Waals surface area contributed by atoms with Gasteiger partial charge < -0.3 is 10.2 Å². The lowest BCUT2D eigenvalue weighted by atomic mass is 10.1. The number of nitrogens with one attached hydrogen (secondary N) is 1. The van der Waals surface area contributed by atoms with Gasteiger partial charge in [-0.25, -0.2) is 0 Å². The third-order valence-electron chi connectivity index (χ3n) is 3.55. The number of nitrogens with zero attached hydrogens (tertiary/aromatic N) is 1. The Hall–Kier alpha value is -1.55. The number of rotatable bonds is 4. The molecule has 1 N–H and O–H groups in total. The van der Waals surface area contributed by atoms with E-state index in [2.05, 4.69) is 5.32 Å². The highest BCUT2D eigenvalue weighted by Gasteiger charge is 2.30. The van der Waals surface area contributed by atoms with Crippen LogP contribution < -0.4 is 5.32 Å². The third kappa shape index (κ3) is 3.51. The van der Waals surface area contributed by atoms with Crippen LogP contribution in [0.3, 0.4) is 0 Å². The molecular weight excluding hydrogens is 276 g/mol. The van der Waals surface area contributed by atoms with Gasteiger partial charge in [-0.1, -0.05) is 30.7 Å². The quantitative estimate of drug-likeness (QED) is 0.923. The van der Waals surface area contributed by atoms with Crippen LogP contribution in [0.15, 0.2) is 24.3 Å². The van der Waals surface area contributed by atoms with Crippen LogP contribution in [-0.2, 0) is 16.0 Å². The van der Waals surface area contributed by atoms with Gasteiger partial charge in [0, 0.05) is 24.5 Å². The first-order chi connectivity index (χ1) is 9.61. The van der Waals surface area contributed by atoms with Crippen LogP contribution in [0.5, 0.6) is 0 Å². The van der Waals surface area contributed by atoms with Gasteiger partial charge in [0.1, 0.15) is 6.04 Å². The molecule has 1 saturated heterocycles. The van der Waals surface area contributed by atoms with Crippen LogP contribution in [-0.4, -0.2) is 35.8 Å². The van der Waals surface area contributed by atoms with E-state index in [0.29, 0.717) is 37.4 Å². The molecule has 0 radical (unpaired) electrons. The summed E-state index contributed by atoms with van der Waals surface area (Å²) in [6.45, 7) is 3.06. The maximum Gasteiger partial charge on any atom is 0.242 e. The molecule has 20 heavy (non-hydrogen) atoms. The zero-order valence-corrected chi connectivity index (χ0v) is 12.3. The summed E-state index contributed by atoms with van der Waals surface area (Å²) in [6.07, 6.45) is 1.70. The summed E-state index contributed by atoms with van der Waals surface area (Å²) >= 11 is 5.93. The molecule has 1 aromatic rings. The molecule has 0 aliphatic carbocycles. The molecule has 1 fully saturated rings. The van der Waals surface area contributed by atoms with Gasteiger partial charge in [0.05, 0.1) is 0 Å². The molecule has 0 saturated carbocycles. The predicted molar refractivity (Wildman–Crippen MR) is 78.6 cm³/mol. The van der Waals surface area contributed by atoms with Crippen molar-refractivity contribution in [2.45, 2.75) is 32.2 Å². The first-order valence-corrected chi connectivity index (χ1v) is 7.31. The number of benzene rings is 1. The van der Waals surface area contributed by atoms with Crippen molar-refractivity contribution in [3.05, 3.63) is 34.9 Å². The number of hydrogen-bond acceptors (Lipinski definition) is 2. The molecule has 108 valence electrons. The van der Waals surface area contributed by atoms with Gasteiger partial charge in [0.15, 0.2) is 0 Å². The van der Waals surface area contributed by atoms with Crippen molar-refractivity contribution >= 4 is 23.4 Å². The molecule has 1 atom stereocenters. The number of aryl methyl sites for hydroxylation is 1. The molecule has 0 bridgehead atoms. The molecule has 2 rings (SSSR count). The van der Waals surface area contributed by atoms with Gasteiger partial charge in [-0.15, -0.1) is 0 Å². The molecule has 1 aromatic carbocycles. The fraction of sp³-hybridized carbons (Fsp3) is 0.467. The first kappa shape index (κ1) is 14.9. The summed E-state index contributed by atoms with van der Waals surface area (Å²) in [7, 11) is 0. The third-order valence-corrected chi connectivity index (χ3v) is 3.79. The molecular formula is C15H19ClN2O2. The Balaban J connectivity index is 1.95. The van der Waals surface area contributed by atoms with Crippen molar-refractivity contribution in [3.63, 3.8) is 0 Å². The van der Waals surface area contributed by atoms with Crippen LogP contribution in [0.1, 0.15) is 25.3 Å². The monoisotopic (exact) mass is 294 g/mol. The second kappa shape index (κ2) is 6.75. The maximum absolute atomic E-state index is 12.3. The Bertz CT molecular complexity index is 504. The van der Waals surface area contributed by atoms with Gasteiger partial charge >= 0.3 is 0 Å². The van der Waals surface area contributed by atoms with Crippen LogP contribution in [0.25, 0.3) is 0 Å². The van der Waals surface area contributed by atoms with E-state index in [9.17, 15) is 9.59 Å². The largest absolute Gasteiger partial charge is 0.353 e. The van der Waals surface area contributed by atoms with Gasteiger partial charge in [-0.2, -0.15) is 0 Å². The molecule has 2 amide bonds. The number of halogens is 1. The van der Waals surface area contributed by atoms with Gasteiger partial charge in [0.2, 0.25) is 11.8 Å². The molecule has 1 unspecified atom stereocenters. The molecule has 4 nitrogen and oxygen atoms in total. The Morgan fingerprint density at radius 3 is 3.00 bits per heavy atom. The minimum Gasteiger partial charge on any atom is -0.353 e. The molecule has 1 aliphatic rings. The predicted octanol–water partition coefficient (Wildman–Crippen LogP) is 2.01. The summed E-state index contributed by atoms with van der Waals surface area (Å²) in [5.74, 6) is -0.0125. The SMILES string of the molecule is CCC1C(=O)NCCN1C(=O)CCc1cccc(Cl)c1. The zero-order chi connectivity index (χ0) is 14.5. The Labute approximate surface area is 124 Å². The zero-order valence-electron chi connectivity index (χ0n) is 11.6. The van der Waals surface area contributed by atoms with Gasteiger partial charge in [0.25, 0.3) is 0 Å². The van der Waals surface area contributed by atoms with E-state index < -0.39 is 0 Å². The van der Waals surface area contributed by atoms with E-state index in [1.54, 1.807) is 4.90 Å². The lowest BCUT2D eigenvalue weighted by Crippen LogP contribution is -2.56. The van der Waals surface area contributed by atoms with Crippen molar-refractivity contribution in [1.82, 2.24) is 10.2 Å². The van der Waals surface area contributed by atoms with E-state index in [1.165, 1.54) is 0 Å². The highest BCUT2D eigenvalue weighted by atomic mass is 35.5. The molecule has 0 spiro atoms. The van der Waals surface area contributed by atoms with Gasteiger partial charge in [-0.3, -0.25) is 9.59 Å². The summed E-state index contributed by atoms with van der Waals surface area (Å²) < 4.78 is 0. The number of piperazine rings is 1. The normalized spacial score (nSPS) is 18.8. The summed E-state index contributed by atoms with van der Waals surface area (Å²) in [4.78, 5) is 25.7. The minimum absolute atomic E-state index is 0.0340. The fourth-order valence-corrected chi connectivity index (χ4v) is 2.72. The van der Waals surface area contributed by atoms with Crippen LogP contribution >= 0.6 is 11.6 Å². The van der Waals surface area contributed by atoms with E-state index in [1.807, 2.05) is 31.2 Å². The van der Waals surface area contributed by atoms with E-state index in [-0.39, 0.29) is 17.9 Å². The van der Waals surface area contributed by atoms with Crippen LogP contribution in [0.2, 0.25) is 5.02 Å². The first-order valence-electron chi connectivity index (χ1n) is 6.93. The number of carbonyl (C=O) groups excluding carboxylic acids is 2. The molecule has 1 aliphatic heterocycles.